The van der Waals surface area contributed by atoms with Crippen molar-refractivity contribution in [3.05, 3.63) is 29.8 Å². The van der Waals surface area contributed by atoms with Gasteiger partial charge in [0.25, 0.3) is 0 Å². The van der Waals surface area contributed by atoms with Gasteiger partial charge < -0.3 is 10.1 Å². The fraction of sp³-hybridized carbons (Fsp3) is 0.667. The molecule has 20 heavy (non-hydrogen) atoms. The van der Waals surface area contributed by atoms with Gasteiger partial charge in [-0.25, -0.2) is 0 Å². The van der Waals surface area contributed by atoms with E-state index in [-0.39, 0.29) is 0 Å². The second kappa shape index (κ2) is 9.02. The third-order valence-electron chi connectivity index (χ3n) is 3.89. The molecular formula is C18H31NO. The van der Waals surface area contributed by atoms with Crippen LogP contribution in [0.4, 0.5) is 0 Å². The molecule has 0 amide bonds. The molecule has 0 aromatic heterocycles. The Balaban J connectivity index is 2.85. The molecule has 0 spiro atoms. The molecule has 1 aromatic rings. The number of benzene rings is 1. The van der Waals surface area contributed by atoms with E-state index in [1.165, 1.54) is 18.4 Å². The molecule has 0 fully saturated rings. The van der Waals surface area contributed by atoms with Crippen molar-refractivity contribution in [1.82, 2.24) is 5.32 Å². The van der Waals surface area contributed by atoms with Crippen molar-refractivity contribution in [2.45, 2.75) is 46.5 Å². The van der Waals surface area contributed by atoms with Crippen LogP contribution in [0.5, 0.6) is 5.75 Å². The van der Waals surface area contributed by atoms with Crippen molar-refractivity contribution in [2.75, 3.05) is 20.2 Å². The molecule has 1 N–H and O–H groups in total. The van der Waals surface area contributed by atoms with Gasteiger partial charge in [0, 0.05) is 12.5 Å². The SMILES string of the molecule is CCCC(C)C(CNCC(C)C)c1ccccc1OC. The summed E-state index contributed by atoms with van der Waals surface area (Å²) < 4.78 is 5.55. The third kappa shape index (κ3) is 5.16. The van der Waals surface area contributed by atoms with E-state index < -0.39 is 0 Å². The molecule has 0 aliphatic carbocycles. The van der Waals surface area contributed by atoms with E-state index in [1.54, 1.807) is 7.11 Å². The quantitative estimate of drug-likeness (QED) is 0.719. The number of nitrogens with one attached hydrogen (secondary N) is 1. The lowest BCUT2D eigenvalue weighted by Crippen LogP contribution is -2.28. The Morgan fingerprint density at radius 3 is 2.40 bits per heavy atom. The van der Waals surface area contributed by atoms with E-state index in [1.807, 2.05) is 6.07 Å². The van der Waals surface area contributed by atoms with Crippen molar-refractivity contribution in [2.24, 2.45) is 11.8 Å². The van der Waals surface area contributed by atoms with Gasteiger partial charge in [-0.2, -0.15) is 0 Å². The molecular weight excluding hydrogens is 246 g/mol. The van der Waals surface area contributed by atoms with Crippen LogP contribution in [0.3, 0.4) is 0 Å². The molecule has 2 heteroatoms. The number of hydrogen-bond donors (Lipinski definition) is 1. The Kier molecular flexibility index (Phi) is 7.68. The van der Waals surface area contributed by atoms with Crippen molar-refractivity contribution in [1.29, 1.82) is 0 Å². The minimum Gasteiger partial charge on any atom is -0.496 e. The number of methoxy groups -OCH3 is 1. The second-order valence-electron chi connectivity index (χ2n) is 6.17. The van der Waals surface area contributed by atoms with Crippen LogP contribution in [-0.2, 0) is 0 Å². The maximum Gasteiger partial charge on any atom is 0.122 e. The zero-order valence-electron chi connectivity index (χ0n) is 13.8. The summed E-state index contributed by atoms with van der Waals surface area (Å²) in [5.74, 6) is 2.89. The van der Waals surface area contributed by atoms with Crippen LogP contribution in [0.15, 0.2) is 24.3 Å². The van der Waals surface area contributed by atoms with E-state index in [9.17, 15) is 0 Å². The minimum absolute atomic E-state index is 0.518. The fourth-order valence-corrected chi connectivity index (χ4v) is 2.77. The van der Waals surface area contributed by atoms with Crippen molar-refractivity contribution < 1.29 is 4.74 Å². The lowest BCUT2D eigenvalue weighted by molar-refractivity contribution is 0.366. The molecule has 0 saturated heterocycles. The van der Waals surface area contributed by atoms with Crippen LogP contribution in [0.2, 0.25) is 0 Å². The molecule has 1 rings (SSSR count). The van der Waals surface area contributed by atoms with Gasteiger partial charge in [-0.15, -0.1) is 0 Å². The van der Waals surface area contributed by atoms with Gasteiger partial charge in [0.2, 0.25) is 0 Å². The summed E-state index contributed by atoms with van der Waals surface area (Å²) in [6.45, 7) is 11.2. The zero-order valence-corrected chi connectivity index (χ0v) is 13.8. The van der Waals surface area contributed by atoms with Gasteiger partial charge in [0.15, 0.2) is 0 Å². The maximum atomic E-state index is 5.55. The van der Waals surface area contributed by atoms with Crippen molar-refractivity contribution in [3.63, 3.8) is 0 Å². The highest BCUT2D eigenvalue weighted by molar-refractivity contribution is 5.36. The highest BCUT2D eigenvalue weighted by Crippen LogP contribution is 2.33. The average Bonchev–Trinajstić information content (AvgIpc) is 2.43. The van der Waals surface area contributed by atoms with E-state index in [2.05, 4.69) is 51.2 Å². The highest BCUT2D eigenvalue weighted by atomic mass is 16.5. The lowest BCUT2D eigenvalue weighted by Gasteiger charge is -2.26. The zero-order chi connectivity index (χ0) is 15.0. The Bertz CT molecular complexity index is 375. The molecule has 2 nitrogen and oxygen atoms in total. The molecule has 1 aromatic carbocycles. The van der Waals surface area contributed by atoms with Crippen molar-refractivity contribution >= 4 is 0 Å². The van der Waals surface area contributed by atoms with Gasteiger partial charge in [-0.05, 0) is 30.0 Å². The molecule has 0 radical (unpaired) electrons. The monoisotopic (exact) mass is 277 g/mol. The first kappa shape index (κ1) is 17.0. The van der Waals surface area contributed by atoms with Gasteiger partial charge >= 0.3 is 0 Å². The van der Waals surface area contributed by atoms with Gasteiger partial charge in [0.05, 0.1) is 7.11 Å². The fourth-order valence-electron chi connectivity index (χ4n) is 2.77. The summed E-state index contributed by atoms with van der Waals surface area (Å²) in [7, 11) is 1.77. The Hall–Kier alpha value is -1.02. The van der Waals surface area contributed by atoms with Crippen molar-refractivity contribution in [3.8, 4) is 5.75 Å². The first-order valence-electron chi connectivity index (χ1n) is 7.93. The third-order valence-corrected chi connectivity index (χ3v) is 3.89. The first-order chi connectivity index (χ1) is 9.60. The summed E-state index contributed by atoms with van der Waals surface area (Å²) in [6.07, 6.45) is 2.49. The molecule has 0 bridgehead atoms. The summed E-state index contributed by atoms with van der Waals surface area (Å²) in [6, 6.07) is 8.45. The van der Waals surface area contributed by atoms with E-state index in [4.69, 9.17) is 4.74 Å². The van der Waals surface area contributed by atoms with Crippen LogP contribution in [0.25, 0.3) is 0 Å². The Morgan fingerprint density at radius 2 is 1.80 bits per heavy atom. The number of ether oxygens (including phenoxy) is 1. The van der Waals surface area contributed by atoms with Crippen LogP contribution in [0.1, 0.15) is 52.0 Å². The Morgan fingerprint density at radius 1 is 1.10 bits per heavy atom. The average molecular weight is 277 g/mol. The van der Waals surface area contributed by atoms with E-state index in [0.717, 1.165) is 18.8 Å². The normalized spacial score (nSPS) is 14.3. The van der Waals surface area contributed by atoms with Gasteiger partial charge in [-0.1, -0.05) is 58.7 Å². The molecule has 114 valence electrons. The number of hydrogen-bond acceptors (Lipinski definition) is 2. The Labute approximate surface area is 124 Å². The van der Waals surface area contributed by atoms with E-state index in [0.29, 0.717) is 17.8 Å². The first-order valence-corrected chi connectivity index (χ1v) is 7.93. The largest absolute Gasteiger partial charge is 0.496 e. The van der Waals surface area contributed by atoms with Crippen LogP contribution >= 0.6 is 0 Å². The smallest absolute Gasteiger partial charge is 0.122 e. The summed E-state index contributed by atoms with van der Waals surface area (Å²) in [4.78, 5) is 0. The standard InChI is InChI=1S/C18H31NO/c1-6-9-15(4)17(13-19-12-14(2)3)16-10-7-8-11-18(16)20-5/h7-8,10-11,14-15,17,19H,6,9,12-13H2,1-5H3. The number of para-hydroxylation sites is 1. The molecule has 0 aliphatic heterocycles. The molecule has 0 aliphatic rings. The molecule has 2 atom stereocenters. The summed E-state index contributed by atoms with van der Waals surface area (Å²) in [5.41, 5.74) is 1.34. The van der Waals surface area contributed by atoms with Gasteiger partial charge in [0.1, 0.15) is 5.75 Å². The highest BCUT2D eigenvalue weighted by Gasteiger charge is 2.21. The maximum absolute atomic E-state index is 5.55. The summed E-state index contributed by atoms with van der Waals surface area (Å²) >= 11 is 0. The van der Waals surface area contributed by atoms with Gasteiger partial charge in [-0.3, -0.25) is 0 Å². The predicted octanol–water partition coefficient (Wildman–Crippen LogP) is 4.46. The lowest BCUT2D eigenvalue weighted by atomic mass is 9.84. The molecule has 0 heterocycles. The van der Waals surface area contributed by atoms with Crippen LogP contribution < -0.4 is 10.1 Å². The topological polar surface area (TPSA) is 21.3 Å². The minimum atomic E-state index is 0.518. The van der Waals surface area contributed by atoms with E-state index >= 15 is 0 Å². The summed E-state index contributed by atoms with van der Waals surface area (Å²) in [5, 5.41) is 3.62. The van der Waals surface area contributed by atoms with Crippen LogP contribution in [-0.4, -0.2) is 20.2 Å². The van der Waals surface area contributed by atoms with Crippen LogP contribution in [0, 0.1) is 11.8 Å². The molecule has 0 saturated carbocycles. The second-order valence-corrected chi connectivity index (χ2v) is 6.17. The number of rotatable bonds is 9. The molecule has 2 unspecified atom stereocenters. The predicted molar refractivity (Wildman–Crippen MR) is 87.5 cm³/mol.